The number of nitrogens with one attached hydrogen (secondary N) is 1. The maximum Gasteiger partial charge on any atom is 0.238 e. The van der Waals surface area contributed by atoms with Crippen molar-refractivity contribution in [1.82, 2.24) is 10.2 Å². The van der Waals surface area contributed by atoms with E-state index in [-0.39, 0.29) is 23.4 Å². The zero-order valence-electron chi connectivity index (χ0n) is 14.6. The fraction of sp³-hybridized carbons (Fsp3) is 0.278. The molecule has 0 heterocycles. The van der Waals surface area contributed by atoms with Crippen LogP contribution in [0.2, 0.25) is 5.02 Å². The number of carbonyl (C=O) groups is 1. The molecule has 0 saturated heterocycles. The van der Waals surface area contributed by atoms with Gasteiger partial charge in [0, 0.05) is 11.6 Å². The highest BCUT2D eigenvalue weighted by Gasteiger charge is 2.13. The third-order valence-corrected chi connectivity index (χ3v) is 5.05. The van der Waals surface area contributed by atoms with Crippen LogP contribution in [0.1, 0.15) is 24.1 Å². The maximum atomic E-state index is 12.2. The summed E-state index contributed by atoms with van der Waals surface area (Å²) in [6.45, 7) is 2.70. The van der Waals surface area contributed by atoms with Crippen LogP contribution < -0.4 is 10.5 Å². The zero-order valence-corrected chi connectivity index (χ0v) is 16.2. The second kappa shape index (κ2) is 8.64. The van der Waals surface area contributed by atoms with Gasteiger partial charge < -0.3 is 5.32 Å². The van der Waals surface area contributed by atoms with Gasteiger partial charge in [-0.15, -0.1) is 0 Å². The molecule has 0 bridgehead atoms. The van der Waals surface area contributed by atoms with Crippen LogP contribution in [0.15, 0.2) is 53.4 Å². The van der Waals surface area contributed by atoms with E-state index in [1.54, 1.807) is 12.1 Å². The molecule has 2 aromatic rings. The number of nitrogens with zero attached hydrogens (tertiary/aromatic N) is 1. The Morgan fingerprint density at radius 2 is 1.73 bits per heavy atom. The molecule has 0 aliphatic carbocycles. The third-order valence-electron chi connectivity index (χ3n) is 3.87. The number of carbonyl (C=O) groups excluding carboxylic acids is 1. The summed E-state index contributed by atoms with van der Waals surface area (Å²) in [6, 6.07) is 13.4. The van der Waals surface area contributed by atoms with Crippen molar-refractivity contribution in [1.29, 1.82) is 0 Å². The Hall–Kier alpha value is -1.93. The van der Waals surface area contributed by atoms with Gasteiger partial charge in [-0.2, -0.15) is 0 Å². The van der Waals surface area contributed by atoms with Crippen LogP contribution in [0.4, 0.5) is 0 Å². The van der Waals surface area contributed by atoms with Crippen molar-refractivity contribution in [2.45, 2.75) is 24.4 Å². The highest BCUT2D eigenvalue weighted by atomic mass is 35.5. The molecule has 0 radical (unpaired) electrons. The second-order valence-electron chi connectivity index (χ2n) is 6.20. The van der Waals surface area contributed by atoms with Crippen molar-refractivity contribution >= 4 is 27.5 Å². The number of hydrogen-bond acceptors (Lipinski definition) is 4. The van der Waals surface area contributed by atoms with E-state index in [0.29, 0.717) is 11.6 Å². The lowest BCUT2D eigenvalue weighted by molar-refractivity contribution is -0.122. The number of halogens is 1. The monoisotopic (exact) mass is 395 g/mol. The SMILES string of the molecule is C[C@H](NC(=O)CN(C)Cc1ccc(Cl)cc1)c1ccc(S(N)(=O)=O)cc1. The van der Waals surface area contributed by atoms with E-state index in [0.717, 1.165) is 11.1 Å². The molecule has 0 aliphatic heterocycles. The minimum atomic E-state index is -3.72. The van der Waals surface area contributed by atoms with Crippen LogP contribution in [0.25, 0.3) is 0 Å². The fourth-order valence-electron chi connectivity index (χ4n) is 2.52. The first-order chi connectivity index (χ1) is 12.1. The van der Waals surface area contributed by atoms with E-state index < -0.39 is 10.0 Å². The molecule has 0 aliphatic rings. The summed E-state index contributed by atoms with van der Waals surface area (Å²) >= 11 is 5.86. The number of rotatable bonds is 7. The van der Waals surface area contributed by atoms with Crippen molar-refractivity contribution < 1.29 is 13.2 Å². The van der Waals surface area contributed by atoms with E-state index in [4.69, 9.17) is 16.7 Å². The van der Waals surface area contributed by atoms with Gasteiger partial charge in [0.25, 0.3) is 0 Å². The van der Waals surface area contributed by atoms with Crippen molar-refractivity contribution in [2.24, 2.45) is 5.14 Å². The summed E-state index contributed by atoms with van der Waals surface area (Å²) in [5.41, 5.74) is 1.86. The minimum Gasteiger partial charge on any atom is -0.348 e. The standard InChI is InChI=1S/C18H22ClN3O3S/c1-13(15-5-9-17(10-6-15)26(20,24)25)21-18(23)12-22(2)11-14-3-7-16(19)8-4-14/h3-10,13H,11-12H2,1-2H3,(H,21,23)(H2,20,24,25)/t13-/m0/s1. The highest BCUT2D eigenvalue weighted by molar-refractivity contribution is 7.89. The largest absolute Gasteiger partial charge is 0.348 e. The molecule has 1 atom stereocenters. The molecular formula is C18H22ClN3O3S. The van der Waals surface area contributed by atoms with Gasteiger partial charge in [-0.1, -0.05) is 35.9 Å². The van der Waals surface area contributed by atoms with E-state index in [9.17, 15) is 13.2 Å². The summed E-state index contributed by atoms with van der Waals surface area (Å²) in [7, 11) is -1.86. The van der Waals surface area contributed by atoms with Crippen molar-refractivity contribution in [3.8, 4) is 0 Å². The van der Waals surface area contributed by atoms with Gasteiger partial charge in [0.1, 0.15) is 0 Å². The first kappa shape index (κ1) is 20.4. The molecule has 3 N–H and O–H groups in total. The summed E-state index contributed by atoms with van der Waals surface area (Å²) < 4.78 is 22.6. The molecule has 8 heteroatoms. The van der Waals surface area contributed by atoms with Crippen molar-refractivity contribution in [3.63, 3.8) is 0 Å². The van der Waals surface area contributed by atoms with Gasteiger partial charge in [0.05, 0.1) is 17.5 Å². The minimum absolute atomic E-state index is 0.0440. The Labute approximate surface area is 159 Å². The molecule has 0 unspecified atom stereocenters. The van der Waals surface area contributed by atoms with Crippen LogP contribution in [0.5, 0.6) is 0 Å². The first-order valence-electron chi connectivity index (χ1n) is 8.00. The van der Waals surface area contributed by atoms with Gasteiger partial charge in [-0.3, -0.25) is 9.69 Å². The van der Waals surface area contributed by atoms with Gasteiger partial charge in [0.15, 0.2) is 0 Å². The Bertz CT molecular complexity index is 852. The van der Waals surface area contributed by atoms with Gasteiger partial charge in [-0.05, 0) is 49.4 Å². The van der Waals surface area contributed by atoms with Crippen molar-refractivity contribution in [2.75, 3.05) is 13.6 Å². The Morgan fingerprint density at radius 3 is 2.27 bits per heavy atom. The number of amides is 1. The second-order valence-corrected chi connectivity index (χ2v) is 8.20. The van der Waals surface area contributed by atoms with Crippen LogP contribution in [0.3, 0.4) is 0 Å². The summed E-state index contributed by atoms with van der Waals surface area (Å²) in [4.78, 5) is 14.2. The van der Waals surface area contributed by atoms with Gasteiger partial charge >= 0.3 is 0 Å². The summed E-state index contributed by atoms with van der Waals surface area (Å²) in [5, 5.41) is 8.65. The van der Waals surface area contributed by atoms with E-state index in [1.807, 2.05) is 43.1 Å². The molecule has 0 saturated carbocycles. The first-order valence-corrected chi connectivity index (χ1v) is 9.92. The fourth-order valence-corrected chi connectivity index (χ4v) is 3.16. The van der Waals surface area contributed by atoms with Crippen LogP contribution in [-0.2, 0) is 21.4 Å². The predicted molar refractivity (Wildman–Crippen MR) is 102 cm³/mol. The van der Waals surface area contributed by atoms with Crippen LogP contribution >= 0.6 is 11.6 Å². The van der Waals surface area contributed by atoms with Gasteiger partial charge in [-0.25, -0.2) is 13.6 Å². The number of benzene rings is 2. The molecule has 140 valence electrons. The number of nitrogens with two attached hydrogens (primary N) is 1. The predicted octanol–water partition coefficient (Wildman–Crippen LogP) is 2.30. The van der Waals surface area contributed by atoms with E-state index in [2.05, 4.69) is 5.32 Å². The molecule has 1 amide bonds. The zero-order chi connectivity index (χ0) is 19.3. The van der Waals surface area contributed by atoms with Gasteiger partial charge in [0.2, 0.25) is 15.9 Å². The Balaban J connectivity index is 1.89. The normalized spacial score (nSPS) is 12.8. The van der Waals surface area contributed by atoms with Crippen LogP contribution in [-0.4, -0.2) is 32.8 Å². The molecule has 0 fully saturated rings. The quantitative estimate of drug-likeness (QED) is 0.752. The average Bonchev–Trinajstić information content (AvgIpc) is 2.56. The molecule has 2 aromatic carbocycles. The smallest absolute Gasteiger partial charge is 0.238 e. The Morgan fingerprint density at radius 1 is 1.15 bits per heavy atom. The molecule has 26 heavy (non-hydrogen) atoms. The number of likely N-dealkylation sites (N-methyl/N-ethyl adjacent to an activating group) is 1. The molecule has 0 aromatic heterocycles. The van der Waals surface area contributed by atoms with Crippen molar-refractivity contribution in [3.05, 3.63) is 64.7 Å². The number of sulfonamides is 1. The number of hydrogen-bond donors (Lipinski definition) is 2. The molecular weight excluding hydrogens is 374 g/mol. The van der Waals surface area contributed by atoms with E-state index >= 15 is 0 Å². The van der Waals surface area contributed by atoms with Crippen LogP contribution in [0, 0.1) is 0 Å². The lowest BCUT2D eigenvalue weighted by Crippen LogP contribution is -2.36. The molecule has 6 nitrogen and oxygen atoms in total. The highest BCUT2D eigenvalue weighted by Crippen LogP contribution is 2.15. The Kier molecular flexibility index (Phi) is 6.77. The lowest BCUT2D eigenvalue weighted by Gasteiger charge is -2.19. The third kappa shape index (κ3) is 6.10. The lowest BCUT2D eigenvalue weighted by atomic mass is 10.1. The summed E-state index contributed by atoms with van der Waals surface area (Å²) in [6.07, 6.45) is 0. The van der Waals surface area contributed by atoms with E-state index in [1.165, 1.54) is 12.1 Å². The maximum absolute atomic E-state index is 12.2. The molecule has 0 spiro atoms. The average molecular weight is 396 g/mol. The topological polar surface area (TPSA) is 92.5 Å². The number of primary sulfonamides is 1. The summed E-state index contributed by atoms with van der Waals surface area (Å²) in [5.74, 6) is -0.121. The molecule has 2 rings (SSSR count).